The number of nitrogens with zero attached hydrogens (tertiary/aromatic N) is 1. The Morgan fingerprint density at radius 1 is 1.11 bits per heavy atom. The average molecular weight is 270 g/mol. The number of benzene rings is 1. The van der Waals surface area contributed by atoms with Gasteiger partial charge in [-0.1, -0.05) is 29.8 Å². The molecular formula is C16H12ClNO. The molecule has 0 bridgehead atoms. The van der Waals surface area contributed by atoms with Crippen LogP contribution in [0.4, 0.5) is 0 Å². The van der Waals surface area contributed by atoms with E-state index in [1.165, 1.54) is 0 Å². The molecule has 3 rings (SSSR count). The quantitative estimate of drug-likeness (QED) is 0.641. The van der Waals surface area contributed by atoms with E-state index in [0.717, 1.165) is 11.1 Å². The standard InChI is InChI=1S/C16H12ClNO/c1-11-9-14-7-2-3-8-18(14)15(11)16(19)12-5-4-6-13(17)10-12/h2-10H,1H3. The zero-order valence-corrected chi connectivity index (χ0v) is 11.2. The summed E-state index contributed by atoms with van der Waals surface area (Å²) in [5.41, 5.74) is 3.29. The Bertz CT molecular complexity index is 773. The molecule has 0 spiro atoms. The first-order valence-corrected chi connectivity index (χ1v) is 6.41. The number of carbonyl (C=O) groups is 1. The van der Waals surface area contributed by atoms with Crippen molar-refractivity contribution in [2.24, 2.45) is 0 Å². The largest absolute Gasteiger partial charge is 0.313 e. The molecule has 0 aliphatic carbocycles. The maximum atomic E-state index is 12.6. The van der Waals surface area contributed by atoms with Crippen LogP contribution in [0.5, 0.6) is 0 Å². The van der Waals surface area contributed by atoms with E-state index in [2.05, 4.69) is 0 Å². The predicted octanol–water partition coefficient (Wildman–Crippen LogP) is 4.13. The molecule has 0 atom stereocenters. The van der Waals surface area contributed by atoms with Gasteiger partial charge in [-0.15, -0.1) is 0 Å². The summed E-state index contributed by atoms with van der Waals surface area (Å²) in [7, 11) is 0. The van der Waals surface area contributed by atoms with Crippen LogP contribution in [0.1, 0.15) is 21.6 Å². The molecule has 2 nitrogen and oxygen atoms in total. The van der Waals surface area contributed by atoms with Gasteiger partial charge in [-0.2, -0.15) is 0 Å². The van der Waals surface area contributed by atoms with Crippen molar-refractivity contribution in [3.8, 4) is 0 Å². The van der Waals surface area contributed by atoms with Crippen LogP contribution in [0.3, 0.4) is 0 Å². The molecule has 0 saturated heterocycles. The van der Waals surface area contributed by atoms with E-state index in [1.807, 2.05) is 41.8 Å². The molecule has 3 aromatic rings. The number of fused-ring (bicyclic) bond motifs is 1. The Balaban J connectivity index is 2.19. The molecule has 0 unspecified atom stereocenters. The van der Waals surface area contributed by atoms with Crippen LogP contribution in [0.15, 0.2) is 54.7 Å². The van der Waals surface area contributed by atoms with Crippen LogP contribution in [0.2, 0.25) is 5.02 Å². The Morgan fingerprint density at radius 3 is 2.74 bits per heavy atom. The first kappa shape index (κ1) is 12.0. The highest BCUT2D eigenvalue weighted by Gasteiger charge is 2.16. The molecule has 19 heavy (non-hydrogen) atoms. The van der Waals surface area contributed by atoms with E-state index < -0.39 is 0 Å². The number of hydrogen-bond donors (Lipinski definition) is 0. The Labute approximate surface area is 116 Å². The van der Waals surface area contributed by atoms with E-state index in [9.17, 15) is 4.79 Å². The van der Waals surface area contributed by atoms with Crippen LogP contribution in [-0.2, 0) is 0 Å². The summed E-state index contributed by atoms with van der Waals surface area (Å²) >= 11 is 5.95. The maximum absolute atomic E-state index is 12.6. The molecule has 0 fully saturated rings. The number of halogens is 1. The average Bonchev–Trinajstić information content (AvgIpc) is 2.74. The lowest BCUT2D eigenvalue weighted by molar-refractivity contribution is 0.103. The van der Waals surface area contributed by atoms with Gasteiger partial charge < -0.3 is 4.40 Å². The van der Waals surface area contributed by atoms with E-state index in [0.29, 0.717) is 16.3 Å². The van der Waals surface area contributed by atoms with Gasteiger partial charge in [-0.05, 0) is 42.8 Å². The minimum Gasteiger partial charge on any atom is -0.313 e. The van der Waals surface area contributed by atoms with Crippen molar-refractivity contribution in [3.05, 3.63) is 76.6 Å². The smallest absolute Gasteiger partial charge is 0.210 e. The summed E-state index contributed by atoms with van der Waals surface area (Å²) in [6.45, 7) is 1.95. The van der Waals surface area contributed by atoms with Gasteiger partial charge in [0.2, 0.25) is 5.78 Å². The fourth-order valence-electron chi connectivity index (χ4n) is 2.31. The van der Waals surface area contributed by atoms with Crippen molar-refractivity contribution in [1.29, 1.82) is 0 Å². The third-order valence-electron chi connectivity index (χ3n) is 3.17. The van der Waals surface area contributed by atoms with E-state index in [1.54, 1.807) is 24.3 Å². The predicted molar refractivity (Wildman–Crippen MR) is 77.0 cm³/mol. The summed E-state index contributed by atoms with van der Waals surface area (Å²) in [6, 6.07) is 14.9. The monoisotopic (exact) mass is 269 g/mol. The highest BCUT2D eigenvalue weighted by Crippen LogP contribution is 2.21. The Kier molecular flexibility index (Phi) is 2.88. The van der Waals surface area contributed by atoms with Crippen LogP contribution in [0.25, 0.3) is 5.52 Å². The lowest BCUT2D eigenvalue weighted by Gasteiger charge is -2.04. The van der Waals surface area contributed by atoms with Crippen LogP contribution in [0, 0.1) is 6.92 Å². The van der Waals surface area contributed by atoms with Crippen LogP contribution in [-0.4, -0.2) is 10.2 Å². The van der Waals surface area contributed by atoms with Gasteiger partial charge in [0.1, 0.15) is 0 Å². The molecule has 0 N–H and O–H groups in total. The normalized spacial score (nSPS) is 10.8. The molecule has 3 heteroatoms. The summed E-state index contributed by atoms with van der Waals surface area (Å²) in [5.74, 6) is -0.00815. The minimum atomic E-state index is -0.00815. The first-order valence-electron chi connectivity index (χ1n) is 6.04. The molecular weight excluding hydrogens is 258 g/mol. The molecule has 0 aliphatic rings. The maximum Gasteiger partial charge on any atom is 0.210 e. The molecule has 0 radical (unpaired) electrons. The second-order valence-corrected chi connectivity index (χ2v) is 4.95. The van der Waals surface area contributed by atoms with Crippen molar-refractivity contribution in [3.63, 3.8) is 0 Å². The third-order valence-corrected chi connectivity index (χ3v) is 3.41. The van der Waals surface area contributed by atoms with E-state index in [-0.39, 0.29) is 5.78 Å². The Hall–Kier alpha value is -2.06. The summed E-state index contributed by atoms with van der Waals surface area (Å²) in [6.07, 6.45) is 1.90. The number of aromatic nitrogens is 1. The second-order valence-electron chi connectivity index (χ2n) is 4.51. The van der Waals surface area contributed by atoms with Gasteiger partial charge in [0, 0.05) is 22.3 Å². The van der Waals surface area contributed by atoms with Crippen molar-refractivity contribution >= 4 is 22.9 Å². The minimum absolute atomic E-state index is 0.00815. The zero-order valence-electron chi connectivity index (χ0n) is 10.4. The number of aryl methyl sites for hydroxylation is 1. The molecule has 2 heterocycles. The summed E-state index contributed by atoms with van der Waals surface area (Å²) in [4.78, 5) is 12.6. The molecule has 0 amide bonds. The number of pyridine rings is 1. The lowest BCUT2D eigenvalue weighted by atomic mass is 10.1. The fourth-order valence-corrected chi connectivity index (χ4v) is 2.50. The highest BCUT2D eigenvalue weighted by atomic mass is 35.5. The summed E-state index contributed by atoms with van der Waals surface area (Å²) < 4.78 is 1.92. The molecule has 0 aliphatic heterocycles. The van der Waals surface area contributed by atoms with Gasteiger partial charge in [-0.25, -0.2) is 0 Å². The molecule has 2 aromatic heterocycles. The van der Waals surface area contributed by atoms with Crippen LogP contribution < -0.4 is 0 Å². The summed E-state index contributed by atoms with van der Waals surface area (Å²) in [5, 5.41) is 0.573. The van der Waals surface area contributed by atoms with Gasteiger partial charge in [0.05, 0.1) is 5.69 Å². The van der Waals surface area contributed by atoms with Gasteiger partial charge >= 0.3 is 0 Å². The second kappa shape index (κ2) is 4.56. The molecule has 0 saturated carbocycles. The molecule has 1 aromatic carbocycles. The lowest BCUT2D eigenvalue weighted by Crippen LogP contribution is -2.06. The van der Waals surface area contributed by atoms with Gasteiger partial charge in [-0.3, -0.25) is 4.79 Å². The third kappa shape index (κ3) is 2.04. The van der Waals surface area contributed by atoms with E-state index >= 15 is 0 Å². The van der Waals surface area contributed by atoms with Crippen molar-refractivity contribution in [2.45, 2.75) is 6.92 Å². The number of rotatable bonds is 2. The SMILES string of the molecule is Cc1cc2ccccn2c1C(=O)c1cccc(Cl)c1. The highest BCUT2D eigenvalue weighted by molar-refractivity contribution is 6.31. The molecule has 94 valence electrons. The zero-order chi connectivity index (χ0) is 13.4. The van der Waals surface area contributed by atoms with Crippen molar-refractivity contribution in [2.75, 3.05) is 0 Å². The topological polar surface area (TPSA) is 21.5 Å². The van der Waals surface area contributed by atoms with Crippen molar-refractivity contribution < 1.29 is 4.79 Å². The van der Waals surface area contributed by atoms with Gasteiger partial charge in [0.25, 0.3) is 0 Å². The van der Waals surface area contributed by atoms with Crippen molar-refractivity contribution in [1.82, 2.24) is 4.40 Å². The Morgan fingerprint density at radius 2 is 1.95 bits per heavy atom. The van der Waals surface area contributed by atoms with Crippen LogP contribution >= 0.6 is 11.6 Å². The fraction of sp³-hybridized carbons (Fsp3) is 0.0625. The van der Waals surface area contributed by atoms with Gasteiger partial charge in [0.15, 0.2) is 0 Å². The number of hydrogen-bond acceptors (Lipinski definition) is 1. The number of carbonyl (C=O) groups excluding carboxylic acids is 1. The number of ketones is 1. The van der Waals surface area contributed by atoms with E-state index in [4.69, 9.17) is 11.6 Å². The first-order chi connectivity index (χ1) is 9.16.